The van der Waals surface area contributed by atoms with Crippen LogP contribution in [0.3, 0.4) is 0 Å². The predicted molar refractivity (Wildman–Crippen MR) is 110 cm³/mol. The Kier molecular flexibility index (Phi) is 7.14. The van der Waals surface area contributed by atoms with Gasteiger partial charge in [-0.3, -0.25) is 9.59 Å². The van der Waals surface area contributed by atoms with Crippen LogP contribution in [0.2, 0.25) is 0 Å². The zero-order chi connectivity index (χ0) is 24.2. The number of benzene rings is 1. The predicted octanol–water partition coefficient (Wildman–Crippen LogP) is 2.04. The third-order valence-electron chi connectivity index (χ3n) is 5.20. The molecular formula is C21H22F3N5O4. The first-order valence-corrected chi connectivity index (χ1v) is 10.1. The van der Waals surface area contributed by atoms with Gasteiger partial charge < -0.3 is 20.6 Å². The molecule has 2 aliphatic rings. The number of carboxylic acids is 1. The molecular weight excluding hydrogens is 443 g/mol. The first-order chi connectivity index (χ1) is 15.6. The second kappa shape index (κ2) is 9.84. The molecule has 176 valence electrons. The van der Waals surface area contributed by atoms with Gasteiger partial charge in [0.2, 0.25) is 5.91 Å². The summed E-state index contributed by atoms with van der Waals surface area (Å²) in [5.41, 5.74) is 3.35. The Bertz CT molecular complexity index is 1020. The molecule has 2 amide bonds. The number of halogens is 3. The van der Waals surface area contributed by atoms with Crippen LogP contribution in [0.5, 0.6) is 0 Å². The van der Waals surface area contributed by atoms with E-state index in [-0.39, 0.29) is 36.2 Å². The highest BCUT2D eigenvalue weighted by Crippen LogP contribution is 2.32. The molecule has 2 fully saturated rings. The van der Waals surface area contributed by atoms with Gasteiger partial charge in [-0.1, -0.05) is 12.1 Å². The van der Waals surface area contributed by atoms with Gasteiger partial charge in [-0.2, -0.15) is 13.2 Å². The smallest absolute Gasteiger partial charge is 0.417 e. The minimum absolute atomic E-state index is 0.130. The molecule has 1 aromatic carbocycles. The Morgan fingerprint density at radius 1 is 0.970 bits per heavy atom. The molecule has 2 aromatic rings. The monoisotopic (exact) mass is 465 g/mol. The molecule has 33 heavy (non-hydrogen) atoms. The van der Waals surface area contributed by atoms with E-state index in [1.807, 2.05) is 0 Å². The number of rotatable bonds is 4. The van der Waals surface area contributed by atoms with Gasteiger partial charge in [0.25, 0.3) is 5.91 Å². The number of carboxylic acid groups (broad SMARTS) is 1. The summed E-state index contributed by atoms with van der Waals surface area (Å²) >= 11 is 0. The van der Waals surface area contributed by atoms with Crippen molar-refractivity contribution in [1.29, 1.82) is 0 Å². The van der Waals surface area contributed by atoms with Crippen molar-refractivity contribution in [2.75, 3.05) is 31.1 Å². The molecule has 12 heteroatoms. The molecule has 1 aliphatic heterocycles. The van der Waals surface area contributed by atoms with E-state index in [2.05, 4.69) is 10.2 Å². The van der Waals surface area contributed by atoms with Crippen molar-refractivity contribution < 1.29 is 32.7 Å². The highest BCUT2D eigenvalue weighted by molar-refractivity contribution is 5.96. The van der Waals surface area contributed by atoms with E-state index < -0.39 is 23.6 Å². The van der Waals surface area contributed by atoms with E-state index in [0.717, 1.165) is 18.9 Å². The Morgan fingerprint density at radius 3 is 2.06 bits per heavy atom. The Labute approximate surface area is 187 Å². The molecule has 0 unspecified atom stereocenters. The van der Waals surface area contributed by atoms with Gasteiger partial charge >= 0.3 is 12.1 Å². The van der Waals surface area contributed by atoms with Crippen LogP contribution in [0.4, 0.5) is 19.0 Å². The molecule has 0 atom stereocenters. The first-order valence-electron chi connectivity index (χ1n) is 10.1. The van der Waals surface area contributed by atoms with E-state index in [0.29, 0.717) is 18.9 Å². The number of hydrogen-bond acceptors (Lipinski definition) is 6. The summed E-state index contributed by atoms with van der Waals surface area (Å²) < 4.78 is 39.3. The van der Waals surface area contributed by atoms with Crippen molar-refractivity contribution in [2.45, 2.75) is 19.0 Å². The fraction of sp³-hybridized carbons (Fsp3) is 0.381. The van der Waals surface area contributed by atoms with E-state index >= 15 is 0 Å². The Hall–Kier alpha value is -3.70. The Balaban J connectivity index is 0.000000442. The summed E-state index contributed by atoms with van der Waals surface area (Å²) in [5.74, 6) is -1.30. The molecule has 0 spiro atoms. The van der Waals surface area contributed by atoms with Gasteiger partial charge in [0.05, 0.1) is 11.1 Å². The fourth-order valence-electron chi connectivity index (χ4n) is 3.20. The average molecular weight is 465 g/mol. The fourth-order valence-corrected chi connectivity index (χ4v) is 3.20. The van der Waals surface area contributed by atoms with Crippen LogP contribution in [-0.4, -0.2) is 64.2 Å². The van der Waals surface area contributed by atoms with Crippen molar-refractivity contribution in [3.63, 3.8) is 0 Å². The maximum atomic E-state index is 13.1. The second-order valence-corrected chi connectivity index (χ2v) is 7.58. The van der Waals surface area contributed by atoms with Crippen LogP contribution in [0, 0.1) is 5.92 Å². The maximum absolute atomic E-state index is 13.1. The van der Waals surface area contributed by atoms with E-state index in [4.69, 9.17) is 10.8 Å². The lowest BCUT2D eigenvalue weighted by atomic mass is 10.1. The Morgan fingerprint density at radius 2 is 1.61 bits per heavy atom. The lowest BCUT2D eigenvalue weighted by molar-refractivity contribution is -0.138. The minimum Gasteiger partial charge on any atom is -0.476 e. The minimum atomic E-state index is -4.60. The normalized spacial score (nSPS) is 16.0. The quantitative estimate of drug-likeness (QED) is 0.707. The molecule has 1 aromatic heterocycles. The van der Waals surface area contributed by atoms with Gasteiger partial charge in [0.1, 0.15) is 0 Å². The SMILES string of the molecule is NC(=O)C1CC1.O=C(O)c1ccc(N2CCN(C(=O)c3ccccc3C(F)(F)F)CC2)nn1. The zero-order valence-electron chi connectivity index (χ0n) is 17.5. The molecule has 0 radical (unpaired) electrons. The lowest BCUT2D eigenvalue weighted by Crippen LogP contribution is -2.49. The van der Waals surface area contributed by atoms with E-state index in [1.54, 1.807) is 4.90 Å². The second-order valence-electron chi connectivity index (χ2n) is 7.58. The van der Waals surface area contributed by atoms with Gasteiger partial charge in [-0.05, 0) is 37.1 Å². The molecule has 4 rings (SSSR count). The van der Waals surface area contributed by atoms with Gasteiger partial charge in [0.15, 0.2) is 11.5 Å². The number of nitrogens with zero attached hydrogens (tertiary/aromatic N) is 4. The van der Waals surface area contributed by atoms with Crippen LogP contribution in [0.1, 0.15) is 39.3 Å². The largest absolute Gasteiger partial charge is 0.476 e. The van der Waals surface area contributed by atoms with Gasteiger partial charge in [-0.25, -0.2) is 4.79 Å². The van der Waals surface area contributed by atoms with Crippen molar-refractivity contribution >= 4 is 23.6 Å². The number of nitrogens with two attached hydrogens (primary N) is 1. The summed E-state index contributed by atoms with van der Waals surface area (Å²) in [5, 5.41) is 16.3. The number of primary amides is 1. The number of hydrogen-bond donors (Lipinski definition) is 2. The number of aromatic nitrogens is 2. The lowest BCUT2D eigenvalue weighted by Gasteiger charge is -2.35. The molecule has 1 saturated heterocycles. The molecule has 2 heterocycles. The molecule has 9 nitrogen and oxygen atoms in total. The summed E-state index contributed by atoms with van der Waals surface area (Å²) in [6.07, 6.45) is -2.56. The molecule has 1 aliphatic carbocycles. The topological polar surface area (TPSA) is 130 Å². The van der Waals surface area contributed by atoms with Crippen LogP contribution in [-0.2, 0) is 11.0 Å². The van der Waals surface area contributed by atoms with Gasteiger partial charge in [-0.15, -0.1) is 10.2 Å². The zero-order valence-corrected chi connectivity index (χ0v) is 17.5. The van der Waals surface area contributed by atoms with Crippen molar-refractivity contribution in [2.24, 2.45) is 11.7 Å². The summed E-state index contributed by atoms with van der Waals surface area (Å²) in [6, 6.07) is 7.54. The molecule has 0 bridgehead atoms. The van der Waals surface area contributed by atoms with E-state index in [1.165, 1.54) is 35.2 Å². The summed E-state index contributed by atoms with van der Waals surface area (Å²) in [7, 11) is 0. The number of anilines is 1. The standard InChI is InChI=1S/C17H15F3N4O3.C4H7NO/c18-17(19,20)12-4-2-1-3-11(12)15(25)24-9-7-23(8-10-24)14-6-5-13(16(26)27)21-22-14;5-4(6)3-1-2-3/h1-6H,7-10H2,(H,26,27);3H,1-2H2,(H2,5,6). The maximum Gasteiger partial charge on any atom is 0.417 e. The molecule has 1 saturated carbocycles. The van der Waals surface area contributed by atoms with Crippen LogP contribution < -0.4 is 10.6 Å². The number of alkyl halides is 3. The van der Waals surface area contributed by atoms with Gasteiger partial charge in [0, 0.05) is 32.1 Å². The van der Waals surface area contributed by atoms with E-state index in [9.17, 15) is 27.6 Å². The number of carbonyl (C=O) groups excluding carboxylic acids is 2. The average Bonchev–Trinajstić information content (AvgIpc) is 3.64. The summed E-state index contributed by atoms with van der Waals surface area (Å²) in [6.45, 7) is 1.13. The summed E-state index contributed by atoms with van der Waals surface area (Å²) in [4.78, 5) is 36.5. The van der Waals surface area contributed by atoms with Crippen LogP contribution >= 0.6 is 0 Å². The van der Waals surface area contributed by atoms with Crippen molar-refractivity contribution in [3.05, 3.63) is 53.2 Å². The van der Waals surface area contributed by atoms with Crippen LogP contribution in [0.25, 0.3) is 0 Å². The number of aromatic carboxylic acids is 1. The van der Waals surface area contributed by atoms with Crippen LogP contribution in [0.15, 0.2) is 36.4 Å². The third-order valence-corrected chi connectivity index (χ3v) is 5.20. The van der Waals surface area contributed by atoms with Crippen molar-refractivity contribution in [1.82, 2.24) is 15.1 Å². The number of piperazine rings is 1. The third kappa shape index (κ3) is 6.18. The number of carbonyl (C=O) groups is 3. The highest BCUT2D eigenvalue weighted by atomic mass is 19.4. The highest BCUT2D eigenvalue weighted by Gasteiger charge is 2.36. The van der Waals surface area contributed by atoms with Crippen molar-refractivity contribution in [3.8, 4) is 0 Å². The number of amides is 2. The first kappa shape index (κ1) is 24.0. The molecule has 3 N–H and O–H groups in total.